The predicted octanol–water partition coefficient (Wildman–Crippen LogP) is 3.70. The van der Waals surface area contributed by atoms with Gasteiger partial charge < -0.3 is 9.47 Å². The Labute approximate surface area is 112 Å². The molecule has 1 saturated heterocycles. The van der Waals surface area contributed by atoms with Crippen molar-refractivity contribution in [3.8, 4) is 0 Å². The van der Waals surface area contributed by atoms with Gasteiger partial charge in [-0.3, -0.25) is 4.79 Å². The summed E-state index contributed by atoms with van der Waals surface area (Å²) in [5, 5.41) is 0. The van der Waals surface area contributed by atoms with E-state index in [0.717, 1.165) is 31.6 Å². The molecule has 0 aromatic carbocycles. The van der Waals surface area contributed by atoms with Crippen molar-refractivity contribution in [2.75, 3.05) is 13.1 Å². The molecule has 104 valence electrons. The zero-order chi connectivity index (χ0) is 14.0. The van der Waals surface area contributed by atoms with Gasteiger partial charge in [0.25, 0.3) is 5.91 Å². The van der Waals surface area contributed by atoms with E-state index in [0.29, 0.717) is 0 Å². The van der Waals surface area contributed by atoms with Crippen LogP contribution in [0.5, 0.6) is 0 Å². The molecular formula is C15H28N2O. The number of carbonyl (C=O) groups is 1. The number of likely N-dealkylation sites (tertiary alicyclic amines) is 1. The van der Waals surface area contributed by atoms with Crippen LogP contribution < -0.4 is 0 Å². The Morgan fingerprint density at radius 1 is 1.06 bits per heavy atom. The number of rotatable bonds is 1. The Bertz CT molecular complexity index is 325. The van der Waals surface area contributed by atoms with Crippen LogP contribution in [0.1, 0.15) is 57.4 Å². The topological polar surface area (TPSA) is 25.2 Å². The molecule has 1 aliphatic heterocycles. The fraction of sp³-hybridized carbons (Fsp3) is 0.667. The van der Waals surface area contributed by atoms with Crippen LogP contribution in [0, 0.1) is 0 Å². The zero-order valence-electron chi connectivity index (χ0n) is 12.6. The summed E-state index contributed by atoms with van der Waals surface area (Å²) in [4.78, 5) is 13.9. The van der Waals surface area contributed by atoms with Crippen molar-refractivity contribution in [2.24, 2.45) is 7.05 Å². The van der Waals surface area contributed by atoms with Gasteiger partial charge in [-0.25, -0.2) is 0 Å². The molecule has 0 bridgehead atoms. The molecule has 0 N–H and O–H groups in total. The van der Waals surface area contributed by atoms with Gasteiger partial charge in [0.2, 0.25) is 0 Å². The predicted molar refractivity (Wildman–Crippen MR) is 77.9 cm³/mol. The molecule has 18 heavy (non-hydrogen) atoms. The van der Waals surface area contributed by atoms with Crippen molar-refractivity contribution < 1.29 is 4.79 Å². The third kappa shape index (κ3) is 4.55. The summed E-state index contributed by atoms with van der Waals surface area (Å²) in [6.07, 6.45) is 5.47. The molecule has 3 nitrogen and oxygen atoms in total. The van der Waals surface area contributed by atoms with Crippen LogP contribution in [0.4, 0.5) is 0 Å². The van der Waals surface area contributed by atoms with E-state index >= 15 is 0 Å². The van der Waals surface area contributed by atoms with Crippen LogP contribution in [0.2, 0.25) is 0 Å². The summed E-state index contributed by atoms with van der Waals surface area (Å²) in [5.74, 6) is 0.178. The van der Waals surface area contributed by atoms with Gasteiger partial charge in [-0.15, -0.1) is 0 Å². The number of nitrogens with zero attached hydrogens (tertiary/aromatic N) is 2. The van der Waals surface area contributed by atoms with Crippen molar-refractivity contribution in [1.29, 1.82) is 0 Å². The van der Waals surface area contributed by atoms with Gasteiger partial charge in [-0.05, 0) is 31.4 Å². The van der Waals surface area contributed by atoms with E-state index in [2.05, 4.69) is 0 Å². The summed E-state index contributed by atoms with van der Waals surface area (Å²) >= 11 is 0. The maximum absolute atomic E-state index is 12.0. The number of aryl methyl sites for hydroxylation is 1. The van der Waals surface area contributed by atoms with Gasteiger partial charge in [0.1, 0.15) is 5.69 Å². The van der Waals surface area contributed by atoms with E-state index in [4.69, 9.17) is 0 Å². The normalized spacial score (nSPS) is 13.9. The maximum atomic E-state index is 12.0. The Balaban J connectivity index is 0.000000659. The maximum Gasteiger partial charge on any atom is 0.270 e. The van der Waals surface area contributed by atoms with Crippen LogP contribution in [-0.2, 0) is 7.05 Å². The minimum Gasteiger partial charge on any atom is -0.347 e. The number of piperidine rings is 1. The molecular weight excluding hydrogens is 224 g/mol. The molecule has 0 radical (unpaired) electrons. The molecule has 0 saturated carbocycles. The lowest BCUT2D eigenvalue weighted by Crippen LogP contribution is -2.36. The van der Waals surface area contributed by atoms with Gasteiger partial charge in [-0.1, -0.05) is 27.7 Å². The zero-order valence-corrected chi connectivity index (χ0v) is 12.6. The lowest BCUT2D eigenvalue weighted by molar-refractivity contribution is 0.0714. The summed E-state index contributed by atoms with van der Waals surface area (Å²) in [5.41, 5.74) is 0.798. The highest BCUT2D eigenvalue weighted by Crippen LogP contribution is 2.12. The first kappa shape index (κ1) is 16.8. The molecule has 1 aromatic rings. The second kappa shape index (κ2) is 9.75. The minimum atomic E-state index is 0.178. The minimum absolute atomic E-state index is 0.178. The summed E-state index contributed by atoms with van der Waals surface area (Å²) in [6, 6.07) is 3.80. The van der Waals surface area contributed by atoms with Crippen molar-refractivity contribution in [2.45, 2.75) is 47.0 Å². The molecule has 1 aromatic heterocycles. The largest absolute Gasteiger partial charge is 0.347 e. The van der Waals surface area contributed by atoms with Crippen molar-refractivity contribution in [3.05, 3.63) is 24.0 Å². The average molecular weight is 252 g/mol. The van der Waals surface area contributed by atoms with Crippen LogP contribution in [0.3, 0.4) is 0 Å². The number of hydrogen-bond acceptors (Lipinski definition) is 1. The second-order valence-corrected chi connectivity index (χ2v) is 3.86. The molecule has 0 aliphatic carbocycles. The van der Waals surface area contributed by atoms with E-state index in [1.165, 1.54) is 6.42 Å². The fourth-order valence-electron chi connectivity index (χ4n) is 1.94. The van der Waals surface area contributed by atoms with Gasteiger partial charge in [-0.2, -0.15) is 0 Å². The monoisotopic (exact) mass is 252 g/mol. The lowest BCUT2D eigenvalue weighted by atomic mass is 10.1. The Hall–Kier alpha value is -1.25. The lowest BCUT2D eigenvalue weighted by Gasteiger charge is -2.26. The Kier molecular flexibility index (Phi) is 9.07. The Morgan fingerprint density at radius 2 is 1.61 bits per heavy atom. The molecule has 3 heteroatoms. The SMILES string of the molecule is CC.CC.Cn1cccc1C(=O)N1CCCCC1. The first-order valence-corrected chi connectivity index (χ1v) is 7.19. The highest BCUT2D eigenvalue weighted by Gasteiger charge is 2.19. The Morgan fingerprint density at radius 3 is 2.06 bits per heavy atom. The number of hydrogen-bond donors (Lipinski definition) is 0. The van der Waals surface area contributed by atoms with E-state index < -0.39 is 0 Å². The molecule has 0 atom stereocenters. The van der Waals surface area contributed by atoms with Gasteiger partial charge >= 0.3 is 0 Å². The third-order valence-corrected chi connectivity index (χ3v) is 2.81. The highest BCUT2D eigenvalue weighted by molar-refractivity contribution is 5.92. The van der Waals surface area contributed by atoms with E-state index in [9.17, 15) is 4.79 Å². The molecule has 1 amide bonds. The van der Waals surface area contributed by atoms with Crippen molar-refractivity contribution in [3.63, 3.8) is 0 Å². The standard InChI is InChI=1S/C11H16N2O.2C2H6/c1-12-7-5-6-10(12)11(14)13-8-3-2-4-9-13;2*1-2/h5-7H,2-4,8-9H2,1H3;2*1-2H3. The van der Waals surface area contributed by atoms with Crippen LogP contribution >= 0.6 is 0 Å². The van der Waals surface area contributed by atoms with E-state index in [1.54, 1.807) is 0 Å². The molecule has 2 heterocycles. The summed E-state index contributed by atoms with van der Waals surface area (Å²) < 4.78 is 1.89. The molecule has 1 fully saturated rings. The first-order valence-electron chi connectivity index (χ1n) is 7.19. The van der Waals surface area contributed by atoms with Crippen LogP contribution in [0.25, 0.3) is 0 Å². The van der Waals surface area contributed by atoms with E-state index in [1.807, 2.05) is 62.5 Å². The molecule has 0 spiro atoms. The summed E-state index contributed by atoms with van der Waals surface area (Å²) in [7, 11) is 1.91. The number of amides is 1. The molecule has 0 unspecified atom stereocenters. The van der Waals surface area contributed by atoms with Crippen molar-refractivity contribution in [1.82, 2.24) is 9.47 Å². The average Bonchev–Trinajstić information content (AvgIpc) is 2.89. The van der Waals surface area contributed by atoms with Crippen molar-refractivity contribution >= 4 is 5.91 Å². The number of carbonyl (C=O) groups excluding carboxylic acids is 1. The van der Waals surface area contributed by atoms with Gasteiger partial charge in [0.15, 0.2) is 0 Å². The van der Waals surface area contributed by atoms with Gasteiger partial charge in [0.05, 0.1) is 0 Å². The summed E-state index contributed by atoms with van der Waals surface area (Å²) in [6.45, 7) is 9.84. The smallest absolute Gasteiger partial charge is 0.270 e. The molecule has 1 aliphatic rings. The van der Waals surface area contributed by atoms with Crippen LogP contribution in [-0.4, -0.2) is 28.5 Å². The van der Waals surface area contributed by atoms with Gasteiger partial charge in [0, 0.05) is 26.3 Å². The quantitative estimate of drug-likeness (QED) is 0.748. The second-order valence-electron chi connectivity index (χ2n) is 3.86. The highest BCUT2D eigenvalue weighted by atomic mass is 16.2. The molecule has 2 rings (SSSR count). The third-order valence-electron chi connectivity index (χ3n) is 2.81. The number of aromatic nitrogens is 1. The van der Waals surface area contributed by atoms with Crippen LogP contribution in [0.15, 0.2) is 18.3 Å². The van der Waals surface area contributed by atoms with E-state index in [-0.39, 0.29) is 5.91 Å². The first-order chi connectivity index (χ1) is 8.79. The fourth-order valence-corrected chi connectivity index (χ4v) is 1.94.